The minimum absolute atomic E-state index is 0.204. The number of thioether (sulfide) groups is 1. The molecule has 1 heterocycles. The molecule has 0 bridgehead atoms. The van der Waals surface area contributed by atoms with E-state index in [2.05, 4.69) is 4.98 Å². The molecule has 0 aliphatic rings. The van der Waals surface area contributed by atoms with Crippen molar-refractivity contribution in [1.82, 2.24) is 9.55 Å². The molecule has 3 rings (SSSR count). The van der Waals surface area contributed by atoms with Gasteiger partial charge in [-0.3, -0.25) is 4.57 Å². The first kappa shape index (κ1) is 12.9. The van der Waals surface area contributed by atoms with E-state index < -0.39 is 0 Å². The lowest BCUT2D eigenvalue weighted by Gasteiger charge is -2.07. The van der Waals surface area contributed by atoms with Gasteiger partial charge in [0.25, 0.3) is 0 Å². The van der Waals surface area contributed by atoms with Crippen LogP contribution in [0.25, 0.3) is 5.69 Å². The van der Waals surface area contributed by atoms with Gasteiger partial charge in [0.05, 0.1) is 0 Å². The number of halogens is 1. The largest absolute Gasteiger partial charge is 0.295 e. The molecule has 0 aliphatic heterocycles. The van der Waals surface area contributed by atoms with Gasteiger partial charge in [-0.1, -0.05) is 42.1 Å². The van der Waals surface area contributed by atoms with E-state index in [1.165, 1.54) is 12.1 Å². The Morgan fingerprint density at radius 2 is 1.75 bits per heavy atom. The maximum Gasteiger partial charge on any atom is 0.172 e. The summed E-state index contributed by atoms with van der Waals surface area (Å²) in [6.45, 7) is 0. The second-order valence-electron chi connectivity index (χ2n) is 4.33. The van der Waals surface area contributed by atoms with Gasteiger partial charge in [-0.15, -0.1) is 0 Å². The van der Waals surface area contributed by atoms with Crippen LogP contribution in [0.15, 0.2) is 72.1 Å². The zero-order chi connectivity index (χ0) is 13.8. The lowest BCUT2D eigenvalue weighted by molar-refractivity contribution is 0.627. The fourth-order valence-corrected chi connectivity index (χ4v) is 2.84. The van der Waals surface area contributed by atoms with Gasteiger partial charge in [0, 0.05) is 23.8 Å². The number of hydrogen-bond acceptors (Lipinski definition) is 2. The Morgan fingerprint density at radius 1 is 1.00 bits per heavy atom. The predicted molar refractivity (Wildman–Crippen MR) is 79.5 cm³/mol. The molecule has 0 saturated heterocycles. The fraction of sp³-hybridized carbons (Fsp3) is 0.0625. The van der Waals surface area contributed by atoms with Crippen molar-refractivity contribution in [3.05, 3.63) is 78.4 Å². The molecule has 2 nitrogen and oxygen atoms in total. The number of aromatic nitrogens is 2. The third kappa shape index (κ3) is 2.91. The highest BCUT2D eigenvalue weighted by atomic mass is 32.2. The van der Waals surface area contributed by atoms with E-state index in [0.717, 1.165) is 22.2 Å². The molecule has 0 aliphatic carbocycles. The summed E-state index contributed by atoms with van der Waals surface area (Å²) in [6.07, 6.45) is 3.74. The Hall–Kier alpha value is -2.07. The summed E-state index contributed by atoms with van der Waals surface area (Å²) >= 11 is 1.64. The highest BCUT2D eigenvalue weighted by molar-refractivity contribution is 7.98. The van der Waals surface area contributed by atoms with Crippen LogP contribution in [-0.2, 0) is 5.75 Å². The zero-order valence-electron chi connectivity index (χ0n) is 10.7. The summed E-state index contributed by atoms with van der Waals surface area (Å²) in [6, 6.07) is 16.7. The monoisotopic (exact) mass is 284 g/mol. The topological polar surface area (TPSA) is 17.8 Å². The Bertz CT molecular complexity index is 677. The van der Waals surface area contributed by atoms with Crippen molar-refractivity contribution < 1.29 is 4.39 Å². The Morgan fingerprint density at radius 3 is 2.50 bits per heavy atom. The third-order valence-corrected chi connectivity index (χ3v) is 3.96. The van der Waals surface area contributed by atoms with Crippen molar-refractivity contribution in [1.29, 1.82) is 0 Å². The molecule has 0 saturated carbocycles. The van der Waals surface area contributed by atoms with Crippen LogP contribution >= 0.6 is 11.8 Å². The van der Waals surface area contributed by atoms with Crippen molar-refractivity contribution in [2.24, 2.45) is 0 Å². The quantitative estimate of drug-likeness (QED) is 0.665. The molecular formula is C16H13FN2S. The molecule has 0 atom stereocenters. The summed E-state index contributed by atoms with van der Waals surface area (Å²) in [5.74, 6) is 0.564. The van der Waals surface area contributed by atoms with Crippen LogP contribution in [0.3, 0.4) is 0 Å². The average Bonchev–Trinajstić information content (AvgIpc) is 2.96. The summed E-state index contributed by atoms with van der Waals surface area (Å²) in [5, 5.41) is 0.931. The van der Waals surface area contributed by atoms with E-state index in [4.69, 9.17) is 0 Å². The van der Waals surface area contributed by atoms with Crippen molar-refractivity contribution in [3.63, 3.8) is 0 Å². The van der Waals surface area contributed by atoms with Crippen LogP contribution in [0.1, 0.15) is 5.56 Å². The third-order valence-electron chi connectivity index (χ3n) is 2.92. The maximum absolute atomic E-state index is 12.9. The fourth-order valence-electron chi connectivity index (χ4n) is 1.91. The second-order valence-corrected chi connectivity index (χ2v) is 5.27. The molecule has 0 unspecified atom stereocenters. The van der Waals surface area contributed by atoms with Crippen molar-refractivity contribution in [2.45, 2.75) is 10.9 Å². The molecule has 0 amide bonds. The minimum atomic E-state index is -0.204. The first-order chi connectivity index (χ1) is 9.83. The SMILES string of the molecule is Fc1ccc(CSc2nccn2-c2ccccc2)cc1. The number of benzene rings is 2. The number of hydrogen-bond donors (Lipinski definition) is 0. The van der Waals surface area contributed by atoms with Gasteiger partial charge < -0.3 is 0 Å². The first-order valence-corrected chi connectivity index (χ1v) is 7.27. The van der Waals surface area contributed by atoms with E-state index >= 15 is 0 Å². The van der Waals surface area contributed by atoms with Gasteiger partial charge in [0.2, 0.25) is 0 Å². The summed E-state index contributed by atoms with van der Waals surface area (Å²) in [7, 11) is 0. The summed E-state index contributed by atoms with van der Waals surface area (Å²) in [4.78, 5) is 4.38. The van der Waals surface area contributed by atoms with Gasteiger partial charge in [-0.05, 0) is 29.8 Å². The Kier molecular flexibility index (Phi) is 3.83. The van der Waals surface area contributed by atoms with Crippen LogP contribution in [0.2, 0.25) is 0 Å². The normalized spacial score (nSPS) is 10.7. The molecule has 0 spiro atoms. The Labute approximate surface area is 121 Å². The van der Waals surface area contributed by atoms with Crippen LogP contribution in [0, 0.1) is 5.82 Å². The smallest absolute Gasteiger partial charge is 0.172 e. The molecular weight excluding hydrogens is 271 g/mol. The van der Waals surface area contributed by atoms with E-state index in [1.54, 1.807) is 30.1 Å². The van der Waals surface area contributed by atoms with E-state index in [0.29, 0.717) is 0 Å². The van der Waals surface area contributed by atoms with Crippen LogP contribution in [0.5, 0.6) is 0 Å². The van der Waals surface area contributed by atoms with Gasteiger partial charge >= 0.3 is 0 Å². The predicted octanol–water partition coefficient (Wildman–Crippen LogP) is 4.30. The van der Waals surface area contributed by atoms with E-state index in [9.17, 15) is 4.39 Å². The van der Waals surface area contributed by atoms with Crippen molar-refractivity contribution in [3.8, 4) is 5.69 Å². The number of rotatable bonds is 4. The Balaban J connectivity index is 1.76. The van der Waals surface area contributed by atoms with Gasteiger partial charge in [0.1, 0.15) is 5.82 Å². The van der Waals surface area contributed by atoms with Crippen molar-refractivity contribution >= 4 is 11.8 Å². The highest BCUT2D eigenvalue weighted by Crippen LogP contribution is 2.24. The molecule has 3 aromatic rings. The van der Waals surface area contributed by atoms with Gasteiger partial charge in [0.15, 0.2) is 5.16 Å². The highest BCUT2D eigenvalue weighted by Gasteiger charge is 2.05. The van der Waals surface area contributed by atoms with Gasteiger partial charge in [-0.2, -0.15) is 0 Å². The summed E-state index contributed by atoms with van der Waals surface area (Å²) < 4.78 is 14.9. The molecule has 20 heavy (non-hydrogen) atoms. The summed E-state index contributed by atoms with van der Waals surface area (Å²) in [5.41, 5.74) is 2.17. The number of imidazole rings is 1. The molecule has 4 heteroatoms. The molecule has 2 aromatic carbocycles. The number of para-hydroxylation sites is 1. The molecule has 100 valence electrons. The van der Waals surface area contributed by atoms with E-state index in [1.807, 2.05) is 41.1 Å². The standard InChI is InChI=1S/C16H13FN2S/c17-14-8-6-13(7-9-14)12-20-16-18-10-11-19(16)15-4-2-1-3-5-15/h1-11H,12H2. The second kappa shape index (κ2) is 5.92. The van der Waals surface area contributed by atoms with Gasteiger partial charge in [-0.25, -0.2) is 9.37 Å². The maximum atomic E-state index is 12.9. The van der Waals surface area contributed by atoms with Crippen LogP contribution in [-0.4, -0.2) is 9.55 Å². The molecule has 0 fully saturated rings. The number of nitrogens with zero attached hydrogens (tertiary/aromatic N) is 2. The zero-order valence-corrected chi connectivity index (χ0v) is 11.6. The minimum Gasteiger partial charge on any atom is -0.295 e. The lowest BCUT2D eigenvalue weighted by Crippen LogP contribution is -1.94. The first-order valence-electron chi connectivity index (χ1n) is 6.29. The lowest BCUT2D eigenvalue weighted by atomic mass is 10.2. The van der Waals surface area contributed by atoms with Crippen LogP contribution in [0.4, 0.5) is 4.39 Å². The molecule has 0 N–H and O–H groups in total. The van der Waals surface area contributed by atoms with E-state index in [-0.39, 0.29) is 5.82 Å². The average molecular weight is 284 g/mol. The van der Waals surface area contributed by atoms with Crippen molar-refractivity contribution in [2.75, 3.05) is 0 Å². The molecule has 1 aromatic heterocycles. The van der Waals surface area contributed by atoms with Crippen LogP contribution < -0.4 is 0 Å². The molecule has 0 radical (unpaired) electrons.